The summed E-state index contributed by atoms with van der Waals surface area (Å²) in [5.41, 5.74) is 3.17. The predicted octanol–water partition coefficient (Wildman–Crippen LogP) is 4.17. The fraction of sp³-hybridized carbons (Fsp3) is 0.105. The second kappa shape index (κ2) is 7.29. The van der Waals surface area contributed by atoms with E-state index in [9.17, 15) is 9.90 Å². The maximum Gasteiger partial charge on any atom is 0.266 e. The third kappa shape index (κ3) is 3.32. The Morgan fingerprint density at radius 1 is 1.17 bits per heavy atom. The summed E-state index contributed by atoms with van der Waals surface area (Å²) in [5, 5.41) is 14.2. The average Bonchev–Trinajstić information content (AvgIpc) is 3.12. The highest BCUT2D eigenvalue weighted by Gasteiger charge is 2.15. The van der Waals surface area contributed by atoms with Crippen LogP contribution in [0, 0.1) is 0 Å². The van der Waals surface area contributed by atoms with Gasteiger partial charge in [-0.3, -0.25) is 4.79 Å². The van der Waals surface area contributed by atoms with Gasteiger partial charge in [0.25, 0.3) is 5.91 Å². The zero-order valence-corrected chi connectivity index (χ0v) is 14.0. The Labute approximate surface area is 144 Å². The lowest BCUT2D eigenvalue weighted by atomic mass is 10.1. The van der Waals surface area contributed by atoms with Crippen LogP contribution >= 0.6 is 11.3 Å². The number of hydrogen-bond acceptors (Lipinski definition) is 4. The minimum Gasteiger partial charge on any atom is -0.496 e. The number of methoxy groups -OCH3 is 1. The summed E-state index contributed by atoms with van der Waals surface area (Å²) in [4.78, 5) is 13.3. The molecule has 2 aromatic carbocycles. The molecule has 0 aliphatic carbocycles. The third-order valence-corrected chi connectivity index (χ3v) is 4.58. The number of aliphatic hydroxyl groups is 1. The molecule has 3 rings (SSSR count). The first-order chi connectivity index (χ1) is 11.7. The molecule has 0 bridgehead atoms. The van der Waals surface area contributed by atoms with Gasteiger partial charge in [0.1, 0.15) is 5.75 Å². The number of amides is 1. The van der Waals surface area contributed by atoms with E-state index in [1.54, 1.807) is 25.3 Å². The molecule has 3 aromatic rings. The number of aliphatic hydroxyl groups excluding tert-OH is 1. The summed E-state index contributed by atoms with van der Waals surface area (Å²) in [6, 6.07) is 17.0. The van der Waals surface area contributed by atoms with E-state index in [0.717, 1.165) is 11.1 Å². The van der Waals surface area contributed by atoms with Crippen molar-refractivity contribution in [2.75, 3.05) is 12.4 Å². The predicted molar refractivity (Wildman–Crippen MR) is 96.6 cm³/mol. The highest BCUT2D eigenvalue weighted by atomic mass is 32.1. The van der Waals surface area contributed by atoms with Crippen molar-refractivity contribution >= 4 is 22.9 Å². The molecule has 1 aromatic heterocycles. The van der Waals surface area contributed by atoms with Crippen molar-refractivity contribution in [2.24, 2.45) is 0 Å². The Morgan fingerprint density at radius 2 is 1.96 bits per heavy atom. The van der Waals surface area contributed by atoms with E-state index in [4.69, 9.17) is 4.74 Å². The van der Waals surface area contributed by atoms with Crippen molar-refractivity contribution < 1.29 is 14.6 Å². The lowest BCUT2D eigenvalue weighted by molar-refractivity contribution is 0.103. The Balaban J connectivity index is 1.85. The van der Waals surface area contributed by atoms with Crippen LogP contribution in [0.3, 0.4) is 0 Å². The van der Waals surface area contributed by atoms with Gasteiger partial charge in [0.2, 0.25) is 0 Å². The number of anilines is 1. The molecule has 122 valence electrons. The zero-order valence-electron chi connectivity index (χ0n) is 13.2. The molecule has 4 nitrogen and oxygen atoms in total. The summed E-state index contributed by atoms with van der Waals surface area (Å²) in [5.74, 6) is 0.425. The van der Waals surface area contributed by atoms with Crippen molar-refractivity contribution in [1.29, 1.82) is 0 Å². The maximum absolute atomic E-state index is 12.6. The molecule has 0 radical (unpaired) electrons. The van der Waals surface area contributed by atoms with Crippen molar-refractivity contribution in [3.05, 3.63) is 70.4 Å². The molecule has 0 aliphatic heterocycles. The van der Waals surface area contributed by atoms with E-state index in [-0.39, 0.29) is 12.5 Å². The van der Waals surface area contributed by atoms with E-state index in [1.807, 2.05) is 41.8 Å². The molecule has 0 unspecified atom stereocenters. The van der Waals surface area contributed by atoms with Gasteiger partial charge in [0.15, 0.2) is 0 Å². The number of hydrogen-bond donors (Lipinski definition) is 2. The highest BCUT2D eigenvalue weighted by Crippen LogP contribution is 2.29. The number of thiophene rings is 1. The third-order valence-electron chi connectivity index (χ3n) is 3.66. The summed E-state index contributed by atoms with van der Waals surface area (Å²) in [7, 11) is 1.55. The van der Waals surface area contributed by atoms with E-state index in [1.165, 1.54) is 11.3 Å². The summed E-state index contributed by atoms with van der Waals surface area (Å²) < 4.78 is 5.17. The maximum atomic E-state index is 12.6. The van der Waals surface area contributed by atoms with Crippen LogP contribution in [0.1, 0.15) is 15.2 Å². The molecule has 0 atom stereocenters. The normalized spacial score (nSPS) is 10.4. The molecule has 1 amide bonds. The quantitative estimate of drug-likeness (QED) is 0.733. The van der Waals surface area contributed by atoms with Gasteiger partial charge in [-0.05, 0) is 35.2 Å². The van der Waals surface area contributed by atoms with Gasteiger partial charge in [0, 0.05) is 16.8 Å². The lowest BCUT2D eigenvalue weighted by Crippen LogP contribution is -2.11. The molecule has 0 aliphatic rings. The number of carbonyl (C=O) groups is 1. The van der Waals surface area contributed by atoms with Crippen LogP contribution in [0.2, 0.25) is 0 Å². The van der Waals surface area contributed by atoms with Gasteiger partial charge in [-0.2, -0.15) is 0 Å². The zero-order chi connectivity index (χ0) is 16.9. The first-order valence-electron chi connectivity index (χ1n) is 7.45. The number of ether oxygens (including phenoxy) is 1. The summed E-state index contributed by atoms with van der Waals surface area (Å²) in [6.07, 6.45) is 0. The molecule has 0 saturated heterocycles. The number of nitrogens with one attached hydrogen (secondary N) is 1. The molecule has 0 fully saturated rings. The Kier molecular flexibility index (Phi) is 4.93. The number of benzene rings is 2. The first-order valence-corrected chi connectivity index (χ1v) is 8.33. The topological polar surface area (TPSA) is 58.6 Å². The van der Waals surface area contributed by atoms with Crippen LogP contribution in [0.15, 0.2) is 60.0 Å². The first kappa shape index (κ1) is 16.2. The van der Waals surface area contributed by atoms with E-state index in [2.05, 4.69) is 5.32 Å². The smallest absolute Gasteiger partial charge is 0.266 e. The van der Waals surface area contributed by atoms with Crippen LogP contribution in [0.5, 0.6) is 5.75 Å². The van der Waals surface area contributed by atoms with Crippen LogP contribution in [-0.2, 0) is 6.61 Å². The fourth-order valence-corrected chi connectivity index (χ4v) is 3.31. The van der Waals surface area contributed by atoms with Crippen LogP contribution in [-0.4, -0.2) is 18.1 Å². The molecule has 24 heavy (non-hydrogen) atoms. The van der Waals surface area contributed by atoms with Crippen molar-refractivity contribution in [1.82, 2.24) is 0 Å². The highest BCUT2D eigenvalue weighted by molar-refractivity contribution is 7.12. The Bertz CT molecular complexity index is 843. The van der Waals surface area contributed by atoms with Gasteiger partial charge < -0.3 is 15.2 Å². The lowest BCUT2D eigenvalue weighted by Gasteiger charge is -2.10. The Morgan fingerprint density at radius 3 is 2.67 bits per heavy atom. The van der Waals surface area contributed by atoms with Gasteiger partial charge in [-0.15, -0.1) is 11.3 Å². The van der Waals surface area contributed by atoms with Gasteiger partial charge in [-0.25, -0.2) is 0 Å². The second-order valence-corrected chi connectivity index (χ2v) is 6.08. The number of carbonyl (C=O) groups excluding carboxylic acids is 1. The van der Waals surface area contributed by atoms with E-state index < -0.39 is 0 Å². The minimum atomic E-state index is -0.169. The molecule has 2 N–H and O–H groups in total. The Hall–Kier alpha value is -2.63. The number of rotatable bonds is 5. The van der Waals surface area contributed by atoms with Crippen LogP contribution in [0.4, 0.5) is 5.69 Å². The fourth-order valence-electron chi connectivity index (χ4n) is 2.50. The summed E-state index contributed by atoms with van der Waals surface area (Å²) in [6.45, 7) is -0.152. The average molecular weight is 339 g/mol. The van der Waals surface area contributed by atoms with Gasteiger partial charge >= 0.3 is 0 Å². The van der Waals surface area contributed by atoms with Crippen molar-refractivity contribution in [2.45, 2.75) is 6.61 Å². The van der Waals surface area contributed by atoms with E-state index >= 15 is 0 Å². The summed E-state index contributed by atoms with van der Waals surface area (Å²) >= 11 is 1.40. The standard InChI is InChI=1S/C19H17NO3S/c1-23-17-8-7-15(11-14(17)12-21)20-19(22)18-16(9-10-24-18)13-5-3-2-4-6-13/h2-11,21H,12H2,1H3,(H,20,22). The minimum absolute atomic E-state index is 0.152. The molecule has 5 heteroatoms. The molecular weight excluding hydrogens is 322 g/mol. The van der Waals surface area contributed by atoms with Crippen molar-refractivity contribution in [3.8, 4) is 16.9 Å². The second-order valence-electron chi connectivity index (χ2n) is 5.17. The molecule has 0 saturated carbocycles. The van der Waals surface area contributed by atoms with Crippen molar-refractivity contribution in [3.63, 3.8) is 0 Å². The van der Waals surface area contributed by atoms with Crippen LogP contribution < -0.4 is 10.1 Å². The monoisotopic (exact) mass is 339 g/mol. The van der Waals surface area contributed by atoms with E-state index in [0.29, 0.717) is 21.9 Å². The SMILES string of the molecule is COc1ccc(NC(=O)c2sccc2-c2ccccc2)cc1CO. The molecule has 1 heterocycles. The van der Waals surface area contributed by atoms with Gasteiger partial charge in [-0.1, -0.05) is 30.3 Å². The van der Waals surface area contributed by atoms with Crippen LogP contribution in [0.25, 0.3) is 11.1 Å². The largest absolute Gasteiger partial charge is 0.496 e. The molecular formula is C19H17NO3S. The van der Waals surface area contributed by atoms with Gasteiger partial charge in [0.05, 0.1) is 18.6 Å². The molecule has 0 spiro atoms.